The highest BCUT2D eigenvalue weighted by Gasteiger charge is 2.13. The Kier molecular flexibility index (Phi) is 5.42. The normalized spacial score (nSPS) is 13.3. The van der Waals surface area contributed by atoms with Gasteiger partial charge in [-0.25, -0.2) is 4.98 Å². The molecule has 0 saturated carbocycles. The molecule has 0 aromatic carbocycles. The van der Waals surface area contributed by atoms with Crippen LogP contribution in [-0.2, 0) is 6.54 Å². The van der Waals surface area contributed by atoms with Gasteiger partial charge in [0.05, 0.1) is 0 Å². The smallest absolute Gasteiger partial charge is 0.180 e. The Labute approximate surface area is 100 Å². The van der Waals surface area contributed by atoms with E-state index >= 15 is 0 Å². The zero-order valence-corrected chi connectivity index (χ0v) is 11.2. The molecular weight excluding hydrogens is 226 g/mol. The van der Waals surface area contributed by atoms with Gasteiger partial charge in [-0.2, -0.15) is 11.8 Å². The highest BCUT2D eigenvalue weighted by Crippen LogP contribution is 2.18. The van der Waals surface area contributed by atoms with Gasteiger partial charge in [0.25, 0.3) is 0 Å². The molecule has 0 aliphatic carbocycles. The van der Waals surface area contributed by atoms with E-state index in [-0.39, 0.29) is 0 Å². The Hall–Kier alpha value is -0.260. The molecule has 1 aromatic heterocycles. The van der Waals surface area contributed by atoms with Crippen LogP contribution in [0.1, 0.15) is 18.2 Å². The van der Waals surface area contributed by atoms with Gasteiger partial charge in [0.2, 0.25) is 0 Å². The summed E-state index contributed by atoms with van der Waals surface area (Å²) in [5.41, 5.74) is 5.61. The first kappa shape index (κ1) is 12.8. The molecule has 86 valence electrons. The van der Waals surface area contributed by atoms with E-state index in [0.29, 0.717) is 11.2 Å². The second-order valence-corrected chi connectivity index (χ2v) is 5.65. The van der Waals surface area contributed by atoms with Gasteiger partial charge in [-0.1, -0.05) is 6.92 Å². The van der Waals surface area contributed by atoms with Crippen LogP contribution in [0.3, 0.4) is 0 Å². The van der Waals surface area contributed by atoms with Crippen molar-refractivity contribution in [2.45, 2.75) is 25.9 Å². The molecule has 5 heteroatoms. The van der Waals surface area contributed by atoms with Crippen molar-refractivity contribution in [3.63, 3.8) is 0 Å². The first-order valence-corrected chi connectivity index (χ1v) is 7.27. The fraction of sp³-hybridized carbons (Fsp3) is 0.700. The van der Waals surface area contributed by atoms with E-state index in [1.807, 2.05) is 18.0 Å². The topological polar surface area (TPSA) is 42.2 Å². The summed E-state index contributed by atoms with van der Waals surface area (Å²) < 4.78 is 0. The molecule has 0 fully saturated rings. The molecule has 1 heterocycles. The summed E-state index contributed by atoms with van der Waals surface area (Å²) >= 11 is 3.48. The van der Waals surface area contributed by atoms with Crippen LogP contribution in [0, 0.1) is 0 Å². The van der Waals surface area contributed by atoms with Crippen molar-refractivity contribution < 1.29 is 0 Å². The van der Waals surface area contributed by atoms with Crippen molar-refractivity contribution in [2.75, 3.05) is 24.8 Å². The lowest BCUT2D eigenvalue weighted by molar-refractivity contribution is 0.250. The molecule has 2 N–H and O–H groups in total. The monoisotopic (exact) mass is 245 g/mol. The van der Waals surface area contributed by atoms with E-state index in [4.69, 9.17) is 5.73 Å². The predicted octanol–water partition coefficient (Wildman–Crippen LogP) is 2.30. The first-order chi connectivity index (χ1) is 7.17. The number of nitrogen functional groups attached to an aromatic ring is 1. The lowest BCUT2D eigenvalue weighted by atomic mass is 10.2. The molecule has 0 aliphatic rings. The Morgan fingerprint density at radius 2 is 2.40 bits per heavy atom. The van der Waals surface area contributed by atoms with Gasteiger partial charge in [-0.05, 0) is 19.7 Å². The van der Waals surface area contributed by atoms with Crippen LogP contribution in [0.4, 0.5) is 5.13 Å². The molecule has 0 saturated heterocycles. The van der Waals surface area contributed by atoms with Crippen LogP contribution >= 0.6 is 23.1 Å². The van der Waals surface area contributed by atoms with Crippen molar-refractivity contribution in [1.82, 2.24) is 9.88 Å². The van der Waals surface area contributed by atoms with E-state index in [0.717, 1.165) is 6.54 Å². The number of nitrogens with two attached hydrogens (primary N) is 1. The molecule has 1 atom stereocenters. The molecule has 1 rings (SSSR count). The van der Waals surface area contributed by atoms with Crippen LogP contribution < -0.4 is 5.73 Å². The minimum Gasteiger partial charge on any atom is -0.375 e. The summed E-state index contributed by atoms with van der Waals surface area (Å²) in [5, 5.41) is 0.663. The summed E-state index contributed by atoms with van der Waals surface area (Å²) in [6.07, 6.45) is 5.22. The molecule has 3 nitrogen and oxygen atoms in total. The third-order valence-electron chi connectivity index (χ3n) is 2.43. The second kappa shape index (κ2) is 6.35. The van der Waals surface area contributed by atoms with Crippen LogP contribution in [-0.4, -0.2) is 35.0 Å². The van der Waals surface area contributed by atoms with Crippen molar-refractivity contribution in [2.24, 2.45) is 0 Å². The average molecular weight is 245 g/mol. The number of nitrogens with zero attached hydrogens (tertiary/aromatic N) is 2. The van der Waals surface area contributed by atoms with E-state index in [1.54, 1.807) is 11.3 Å². The lowest BCUT2D eigenvalue weighted by Crippen LogP contribution is -2.32. The minimum absolute atomic E-state index is 0.642. The summed E-state index contributed by atoms with van der Waals surface area (Å²) in [5.74, 6) is 1.18. The third kappa shape index (κ3) is 4.01. The number of hydrogen-bond donors (Lipinski definition) is 1. The first-order valence-electron chi connectivity index (χ1n) is 5.06. The van der Waals surface area contributed by atoms with Gasteiger partial charge in [0.15, 0.2) is 5.13 Å². The molecule has 0 spiro atoms. The maximum atomic E-state index is 5.61. The Morgan fingerprint density at radius 3 is 2.87 bits per heavy atom. The fourth-order valence-electron chi connectivity index (χ4n) is 1.52. The second-order valence-electron chi connectivity index (χ2n) is 3.60. The number of aromatic nitrogens is 1. The highest BCUT2D eigenvalue weighted by molar-refractivity contribution is 7.98. The van der Waals surface area contributed by atoms with E-state index in [9.17, 15) is 0 Å². The van der Waals surface area contributed by atoms with Gasteiger partial charge < -0.3 is 5.73 Å². The van der Waals surface area contributed by atoms with Crippen LogP contribution in [0.2, 0.25) is 0 Å². The van der Waals surface area contributed by atoms with E-state index < -0.39 is 0 Å². The summed E-state index contributed by atoms with van der Waals surface area (Å²) in [6.45, 7) is 3.19. The van der Waals surface area contributed by atoms with Gasteiger partial charge in [-0.3, -0.25) is 4.90 Å². The summed E-state index contributed by atoms with van der Waals surface area (Å²) in [7, 11) is 2.17. The standard InChI is InChI=1S/C10H19N3S2/c1-4-8(7-14-3)13(2)6-9-5-12-10(11)15-9/h5,8H,4,6-7H2,1-3H3,(H2,11,12). The maximum Gasteiger partial charge on any atom is 0.180 e. The van der Waals surface area contributed by atoms with E-state index in [1.165, 1.54) is 17.1 Å². The predicted molar refractivity (Wildman–Crippen MR) is 70.5 cm³/mol. The molecule has 15 heavy (non-hydrogen) atoms. The van der Waals surface area contributed by atoms with E-state index in [2.05, 4.69) is 30.1 Å². The minimum atomic E-state index is 0.642. The SMILES string of the molecule is CCC(CSC)N(C)Cc1cnc(N)s1. The molecule has 1 aromatic rings. The molecule has 0 radical (unpaired) electrons. The van der Waals surface area contributed by atoms with Crippen LogP contribution in [0.5, 0.6) is 0 Å². The number of rotatable bonds is 6. The molecule has 0 amide bonds. The summed E-state index contributed by atoms with van der Waals surface area (Å²) in [6, 6.07) is 0.642. The fourth-order valence-corrected chi connectivity index (χ4v) is 3.14. The van der Waals surface area contributed by atoms with Gasteiger partial charge in [0.1, 0.15) is 0 Å². The number of thiazole rings is 1. The van der Waals surface area contributed by atoms with Crippen molar-refractivity contribution >= 4 is 28.2 Å². The average Bonchev–Trinajstić information content (AvgIpc) is 2.60. The molecular formula is C10H19N3S2. The highest BCUT2D eigenvalue weighted by atomic mass is 32.2. The van der Waals surface area contributed by atoms with Gasteiger partial charge in [-0.15, -0.1) is 11.3 Å². The number of thioether (sulfide) groups is 1. The lowest BCUT2D eigenvalue weighted by Gasteiger charge is -2.25. The molecule has 0 aliphatic heterocycles. The maximum absolute atomic E-state index is 5.61. The van der Waals surface area contributed by atoms with Crippen molar-refractivity contribution in [3.05, 3.63) is 11.1 Å². The Morgan fingerprint density at radius 1 is 1.67 bits per heavy atom. The number of hydrogen-bond acceptors (Lipinski definition) is 5. The van der Waals surface area contributed by atoms with Gasteiger partial charge in [0, 0.05) is 29.4 Å². The van der Waals surface area contributed by atoms with Crippen LogP contribution in [0.25, 0.3) is 0 Å². The molecule has 1 unspecified atom stereocenters. The number of anilines is 1. The Balaban J connectivity index is 2.49. The Bertz CT molecular complexity index is 288. The zero-order chi connectivity index (χ0) is 11.3. The quantitative estimate of drug-likeness (QED) is 0.835. The molecule has 0 bridgehead atoms. The zero-order valence-electron chi connectivity index (χ0n) is 9.56. The largest absolute Gasteiger partial charge is 0.375 e. The van der Waals surface area contributed by atoms with Crippen molar-refractivity contribution in [1.29, 1.82) is 0 Å². The van der Waals surface area contributed by atoms with Crippen LogP contribution in [0.15, 0.2) is 6.20 Å². The summed E-state index contributed by atoms with van der Waals surface area (Å²) in [4.78, 5) is 7.69. The van der Waals surface area contributed by atoms with Crippen molar-refractivity contribution in [3.8, 4) is 0 Å². The third-order valence-corrected chi connectivity index (χ3v) is 3.96. The van der Waals surface area contributed by atoms with Gasteiger partial charge >= 0.3 is 0 Å².